The van der Waals surface area contributed by atoms with Crippen LogP contribution in [-0.4, -0.2) is 42.9 Å². The van der Waals surface area contributed by atoms with Crippen molar-refractivity contribution in [3.05, 3.63) is 48.2 Å². The lowest BCUT2D eigenvalue weighted by molar-refractivity contribution is -0.119. The Morgan fingerprint density at radius 1 is 1.12 bits per heavy atom. The summed E-state index contributed by atoms with van der Waals surface area (Å²) in [5.74, 6) is -0.176. The highest BCUT2D eigenvalue weighted by Crippen LogP contribution is 2.28. The van der Waals surface area contributed by atoms with Gasteiger partial charge in [0.25, 0.3) is 5.91 Å². The van der Waals surface area contributed by atoms with Crippen LogP contribution in [0.3, 0.4) is 0 Å². The molecule has 26 heavy (non-hydrogen) atoms. The van der Waals surface area contributed by atoms with Crippen LogP contribution >= 0.6 is 0 Å². The lowest BCUT2D eigenvalue weighted by Crippen LogP contribution is -2.21. The van der Waals surface area contributed by atoms with Crippen molar-refractivity contribution in [1.29, 1.82) is 0 Å². The summed E-state index contributed by atoms with van der Waals surface area (Å²) in [6, 6.07) is 12.1. The molecule has 0 saturated carbocycles. The van der Waals surface area contributed by atoms with Crippen molar-refractivity contribution in [3.8, 4) is 11.5 Å². The van der Waals surface area contributed by atoms with Gasteiger partial charge in [0, 0.05) is 11.5 Å². The average molecular weight is 355 g/mol. The number of fused-ring (bicyclic) bond motifs is 1. The number of benzene rings is 2. The number of nitrogens with one attached hydrogen (secondary N) is 2. The quantitative estimate of drug-likeness (QED) is 0.658. The van der Waals surface area contributed by atoms with Crippen molar-refractivity contribution in [2.75, 3.05) is 26.1 Å². The largest absolute Gasteiger partial charge is 0.497 e. The Bertz CT molecular complexity index is 951. The zero-order valence-electron chi connectivity index (χ0n) is 14.2. The van der Waals surface area contributed by atoms with Gasteiger partial charge in [0.2, 0.25) is 0 Å². The first-order chi connectivity index (χ1) is 12.6. The fourth-order valence-corrected chi connectivity index (χ4v) is 2.42. The van der Waals surface area contributed by atoms with Gasteiger partial charge in [-0.25, -0.2) is 4.79 Å². The lowest BCUT2D eigenvalue weighted by atomic mass is 10.2. The number of aromatic nitrogens is 2. The molecule has 134 valence electrons. The second kappa shape index (κ2) is 7.56. The van der Waals surface area contributed by atoms with Gasteiger partial charge in [0.15, 0.2) is 12.3 Å². The van der Waals surface area contributed by atoms with E-state index in [-0.39, 0.29) is 5.69 Å². The Balaban J connectivity index is 1.65. The normalized spacial score (nSPS) is 10.4. The number of nitrogens with zero attached hydrogens (tertiary/aromatic N) is 1. The molecule has 1 amide bonds. The molecule has 0 aliphatic heterocycles. The molecule has 0 fully saturated rings. The number of esters is 1. The van der Waals surface area contributed by atoms with Crippen LogP contribution in [0.15, 0.2) is 42.5 Å². The topological polar surface area (TPSA) is 103 Å². The van der Waals surface area contributed by atoms with Crippen molar-refractivity contribution >= 4 is 28.5 Å². The van der Waals surface area contributed by atoms with Gasteiger partial charge in [0.05, 0.1) is 25.4 Å². The maximum absolute atomic E-state index is 12.2. The van der Waals surface area contributed by atoms with Gasteiger partial charge >= 0.3 is 5.97 Å². The summed E-state index contributed by atoms with van der Waals surface area (Å²) in [4.78, 5) is 24.3. The number of hydrogen-bond acceptors (Lipinski definition) is 6. The Hall–Kier alpha value is -3.55. The fraction of sp³-hybridized carbons (Fsp3) is 0.167. The number of carbonyl (C=O) groups is 2. The van der Waals surface area contributed by atoms with Gasteiger partial charge in [-0.2, -0.15) is 5.10 Å². The summed E-state index contributed by atoms with van der Waals surface area (Å²) in [7, 11) is 3.00. The second-order valence-corrected chi connectivity index (χ2v) is 5.31. The van der Waals surface area contributed by atoms with Crippen molar-refractivity contribution in [2.45, 2.75) is 0 Å². The van der Waals surface area contributed by atoms with E-state index in [9.17, 15) is 9.59 Å². The van der Waals surface area contributed by atoms with E-state index in [0.29, 0.717) is 28.1 Å². The molecule has 3 rings (SSSR count). The summed E-state index contributed by atoms with van der Waals surface area (Å²) in [6.07, 6.45) is 0. The average Bonchev–Trinajstić information content (AvgIpc) is 3.10. The Morgan fingerprint density at radius 3 is 2.69 bits per heavy atom. The molecule has 3 aromatic rings. The number of H-pyrrole nitrogens is 1. The van der Waals surface area contributed by atoms with Crippen LogP contribution in [0.25, 0.3) is 10.9 Å². The summed E-state index contributed by atoms with van der Waals surface area (Å²) in [5, 5.41) is 9.94. The predicted molar refractivity (Wildman–Crippen MR) is 94.6 cm³/mol. The van der Waals surface area contributed by atoms with Crippen molar-refractivity contribution < 1.29 is 23.8 Å². The summed E-state index contributed by atoms with van der Waals surface area (Å²) < 4.78 is 15.4. The first-order valence-corrected chi connectivity index (χ1v) is 7.74. The number of methoxy groups -OCH3 is 2. The molecular weight excluding hydrogens is 338 g/mol. The highest BCUT2D eigenvalue weighted by Gasteiger charge is 2.17. The molecule has 8 heteroatoms. The highest BCUT2D eigenvalue weighted by atomic mass is 16.5. The monoisotopic (exact) mass is 355 g/mol. The molecule has 1 aromatic heterocycles. The first-order valence-electron chi connectivity index (χ1n) is 7.74. The van der Waals surface area contributed by atoms with Gasteiger partial charge in [0.1, 0.15) is 11.5 Å². The molecule has 0 radical (unpaired) electrons. The molecule has 0 spiro atoms. The maximum Gasteiger partial charge on any atom is 0.359 e. The predicted octanol–water partition coefficient (Wildman–Crippen LogP) is 2.38. The van der Waals surface area contributed by atoms with E-state index in [4.69, 9.17) is 14.2 Å². The smallest absolute Gasteiger partial charge is 0.359 e. The maximum atomic E-state index is 12.2. The van der Waals surface area contributed by atoms with E-state index in [0.717, 1.165) is 0 Å². The molecule has 0 aliphatic rings. The third-order valence-electron chi connectivity index (χ3n) is 3.68. The van der Waals surface area contributed by atoms with Crippen LogP contribution < -0.4 is 14.8 Å². The number of carbonyl (C=O) groups excluding carboxylic acids is 2. The van der Waals surface area contributed by atoms with Crippen molar-refractivity contribution in [3.63, 3.8) is 0 Å². The van der Waals surface area contributed by atoms with Crippen LogP contribution in [0.1, 0.15) is 10.5 Å². The summed E-state index contributed by atoms with van der Waals surface area (Å²) in [6.45, 7) is -0.458. The van der Waals surface area contributed by atoms with Crippen LogP contribution in [0, 0.1) is 0 Å². The molecule has 8 nitrogen and oxygen atoms in total. The number of ether oxygens (including phenoxy) is 3. The number of para-hydroxylation sites is 1. The second-order valence-electron chi connectivity index (χ2n) is 5.31. The van der Waals surface area contributed by atoms with Gasteiger partial charge in [-0.1, -0.05) is 18.2 Å². The standard InChI is InChI=1S/C18H17N3O5/c1-24-11-7-8-15(25-2)14(9-11)19-16(22)10-26-18(23)17-12-5-3-4-6-13(12)20-21-17/h3-9H,10H2,1-2H3,(H,19,22)(H,20,21). The molecule has 0 aliphatic carbocycles. The van der Waals surface area contributed by atoms with Gasteiger partial charge in [-0.15, -0.1) is 0 Å². The molecular formula is C18H17N3O5. The fourth-order valence-electron chi connectivity index (χ4n) is 2.42. The number of aromatic amines is 1. The third-order valence-corrected chi connectivity index (χ3v) is 3.68. The van der Waals surface area contributed by atoms with Crippen molar-refractivity contribution in [1.82, 2.24) is 10.2 Å². The van der Waals surface area contributed by atoms with E-state index in [1.807, 2.05) is 6.07 Å². The van der Waals surface area contributed by atoms with Gasteiger partial charge < -0.3 is 19.5 Å². The SMILES string of the molecule is COc1ccc(OC)c(NC(=O)COC(=O)c2n[nH]c3ccccc23)c1. The minimum absolute atomic E-state index is 0.132. The summed E-state index contributed by atoms with van der Waals surface area (Å²) >= 11 is 0. The minimum atomic E-state index is -0.685. The third kappa shape index (κ3) is 3.59. The molecule has 2 N–H and O–H groups in total. The zero-order valence-corrected chi connectivity index (χ0v) is 14.2. The molecule has 0 unspecified atom stereocenters. The molecule has 2 aromatic carbocycles. The van der Waals surface area contributed by atoms with Crippen LogP contribution in [0.4, 0.5) is 5.69 Å². The molecule has 0 bridgehead atoms. The Labute approximate surface area is 149 Å². The zero-order chi connectivity index (χ0) is 18.5. The van der Waals surface area contributed by atoms with E-state index in [1.165, 1.54) is 14.2 Å². The minimum Gasteiger partial charge on any atom is -0.497 e. The molecule has 1 heterocycles. The van der Waals surface area contributed by atoms with Crippen LogP contribution in [0.2, 0.25) is 0 Å². The van der Waals surface area contributed by atoms with Crippen LogP contribution in [0.5, 0.6) is 11.5 Å². The van der Waals surface area contributed by atoms with Gasteiger partial charge in [-0.3, -0.25) is 9.89 Å². The lowest BCUT2D eigenvalue weighted by Gasteiger charge is -2.11. The molecule has 0 saturated heterocycles. The van der Waals surface area contributed by atoms with Crippen molar-refractivity contribution in [2.24, 2.45) is 0 Å². The Morgan fingerprint density at radius 2 is 1.92 bits per heavy atom. The van der Waals surface area contributed by atoms with Crippen LogP contribution in [-0.2, 0) is 9.53 Å². The number of rotatable bonds is 6. The van der Waals surface area contributed by atoms with E-state index < -0.39 is 18.5 Å². The first kappa shape index (κ1) is 17.3. The number of anilines is 1. The van der Waals surface area contributed by atoms with E-state index >= 15 is 0 Å². The Kier molecular flexibility index (Phi) is 5.02. The number of amides is 1. The van der Waals surface area contributed by atoms with Gasteiger partial charge in [-0.05, 0) is 18.2 Å². The summed E-state index contributed by atoms with van der Waals surface area (Å²) in [5.41, 5.74) is 1.26. The van der Waals surface area contributed by atoms with E-state index in [2.05, 4.69) is 15.5 Å². The molecule has 0 atom stereocenters. The van der Waals surface area contributed by atoms with E-state index in [1.54, 1.807) is 36.4 Å². The highest BCUT2D eigenvalue weighted by molar-refractivity contribution is 6.03. The number of hydrogen-bond donors (Lipinski definition) is 2.